The molecule has 0 amide bonds. The molecule has 5 nitrogen and oxygen atoms in total. The lowest BCUT2D eigenvalue weighted by Gasteiger charge is -2.04. The minimum absolute atomic E-state index is 0.621. The van der Waals surface area contributed by atoms with Crippen molar-refractivity contribution in [3.05, 3.63) is 66.6 Å². The number of nitriles is 1. The Bertz CT molecular complexity index is 818. The Labute approximate surface area is 148 Å². The fraction of sp³-hybridized carbons (Fsp3) is 0.250. The second-order valence-electron chi connectivity index (χ2n) is 5.81. The molecular formula is C20H21N5. The highest BCUT2D eigenvalue weighted by Gasteiger charge is 2.11. The zero-order valence-electron chi connectivity index (χ0n) is 14.1. The molecule has 25 heavy (non-hydrogen) atoms. The molecule has 0 atom stereocenters. The number of pyridine rings is 1. The average Bonchev–Trinajstić information content (AvgIpc) is 3.10. The van der Waals surface area contributed by atoms with Crippen molar-refractivity contribution in [3.8, 4) is 23.0 Å². The zero-order chi connectivity index (χ0) is 17.3. The number of hydrogen-bond donors (Lipinski definition) is 1. The van der Waals surface area contributed by atoms with E-state index in [0.717, 1.165) is 48.4 Å². The molecular weight excluding hydrogens is 310 g/mol. The third kappa shape index (κ3) is 4.52. The standard InChI is InChI=1S/C20H21N5/c21-11-5-2-6-12-23-15-18-16-25(19-7-3-1-4-8-19)24-20(18)17-9-13-22-14-10-17/h1,3-4,7-10,13-14,16,23H,2,5-6,12,15H2. The molecule has 0 saturated carbocycles. The molecule has 5 heteroatoms. The monoisotopic (exact) mass is 331 g/mol. The van der Waals surface area contributed by atoms with Gasteiger partial charge in [0.1, 0.15) is 0 Å². The molecule has 2 aromatic heterocycles. The van der Waals surface area contributed by atoms with Crippen molar-refractivity contribution in [1.82, 2.24) is 20.1 Å². The van der Waals surface area contributed by atoms with Crippen molar-refractivity contribution in [2.24, 2.45) is 0 Å². The van der Waals surface area contributed by atoms with E-state index in [1.807, 2.05) is 47.1 Å². The summed E-state index contributed by atoms with van der Waals surface area (Å²) in [5.41, 5.74) is 4.22. The van der Waals surface area contributed by atoms with Crippen LogP contribution < -0.4 is 5.32 Å². The number of hydrogen-bond acceptors (Lipinski definition) is 4. The van der Waals surface area contributed by atoms with Crippen molar-refractivity contribution >= 4 is 0 Å². The molecule has 126 valence electrons. The topological polar surface area (TPSA) is 66.5 Å². The van der Waals surface area contributed by atoms with Crippen LogP contribution in [0, 0.1) is 11.3 Å². The fourth-order valence-corrected chi connectivity index (χ4v) is 2.68. The summed E-state index contributed by atoms with van der Waals surface area (Å²) < 4.78 is 1.92. The first-order chi connectivity index (χ1) is 12.4. The minimum Gasteiger partial charge on any atom is -0.313 e. The summed E-state index contributed by atoms with van der Waals surface area (Å²) in [5.74, 6) is 0. The highest BCUT2D eigenvalue weighted by atomic mass is 15.3. The number of benzene rings is 1. The zero-order valence-corrected chi connectivity index (χ0v) is 14.1. The van der Waals surface area contributed by atoms with Crippen molar-refractivity contribution in [1.29, 1.82) is 5.26 Å². The number of unbranched alkanes of at least 4 members (excludes halogenated alkanes) is 2. The maximum absolute atomic E-state index is 8.59. The van der Waals surface area contributed by atoms with Crippen molar-refractivity contribution in [2.75, 3.05) is 6.54 Å². The van der Waals surface area contributed by atoms with E-state index >= 15 is 0 Å². The SMILES string of the molecule is N#CCCCCNCc1cn(-c2ccccc2)nc1-c1ccncc1. The van der Waals surface area contributed by atoms with Gasteiger partial charge in [-0.15, -0.1) is 0 Å². The number of rotatable bonds is 8. The molecule has 0 aliphatic heterocycles. The van der Waals surface area contributed by atoms with Gasteiger partial charge in [0.2, 0.25) is 0 Å². The largest absolute Gasteiger partial charge is 0.313 e. The Morgan fingerprint density at radius 3 is 2.60 bits per heavy atom. The quantitative estimate of drug-likeness (QED) is 0.639. The Hall–Kier alpha value is -2.97. The van der Waals surface area contributed by atoms with Gasteiger partial charge in [-0.25, -0.2) is 4.68 Å². The van der Waals surface area contributed by atoms with Crippen LogP contribution in [0.3, 0.4) is 0 Å². The van der Waals surface area contributed by atoms with Crippen molar-refractivity contribution in [2.45, 2.75) is 25.8 Å². The van der Waals surface area contributed by atoms with E-state index in [0.29, 0.717) is 6.42 Å². The van der Waals surface area contributed by atoms with Crippen LogP contribution in [-0.4, -0.2) is 21.3 Å². The smallest absolute Gasteiger partial charge is 0.0973 e. The second kappa shape index (κ2) is 8.76. The lowest BCUT2D eigenvalue weighted by Crippen LogP contribution is -2.14. The van der Waals surface area contributed by atoms with E-state index in [-0.39, 0.29) is 0 Å². The first-order valence-corrected chi connectivity index (χ1v) is 8.50. The molecule has 0 spiro atoms. The van der Waals surface area contributed by atoms with E-state index in [1.165, 1.54) is 0 Å². The van der Waals surface area contributed by atoms with E-state index in [1.54, 1.807) is 12.4 Å². The van der Waals surface area contributed by atoms with Crippen LogP contribution in [0.25, 0.3) is 16.9 Å². The van der Waals surface area contributed by atoms with E-state index < -0.39 is 0 Å². The fourth-order valence-electron chi connectivity index (χ4n) is 2.68. The number of aromatic nitrogens is 3. The van der Waals surface area contributed by atoms with E-state index in [9.17, 15) is 0 Å². The molecule has 0 fully saturated rings. The van der Waals surface area contributed by atoms with Gasteiger partial charge in [-0.3, -0.25) is 4.98 Å². The molecule has 0 bridgehead atoms. The van der Waals surface area contributed by atoms with E-state index in [2.05, 4.69) is 22.6 Å². The number of para-hydroxylation sites is 1. The lowest BCUT2D eigenvalue weighted by molar-refractivity contribution is 0.629. The summed E-state index contributed by atoms with van der Waals surface area (Å²) in [7, 11) is 0. The third-order valence-electron chi connectivity index (χ3n) is 3.97. The summed E-state index contributed by atoms with van der Waals surface area (Å²) in [5, 5.41) is 16.8. The summed E-state index contributed by atoms with van der Waals surface area (Å²) in [4.78, 5) is 4.09. The maximum Gasteiger partial charge on any atom is 0.0973 e. The molecule has 1 N–H and O–H groups in total. The number of nitrogens with one attached hydrogen (secondary N) is 1. The molecule has 0 saturated heterocycles. The second-order valence-corrected chi connectivity index (χ2v) is 5.81. The molecule has 0 aliphatic carbocycles. The van der Waals surface area contributed by atoms with Gasteiger partial charge >= 0.3 is 0 Å². The highest BCUT2D eigenvalue weighted by Crippen LogP contribution is 2.23. The number of nitrogens with zero attached hydrogens (tertiary/aromatic N) is 4. The predicted octanol–water partition coefficient (Wildman–Crippen LogP) is 3.72. The van der Waals surface area contributed by atoms with Crippen molar-refractivity contribution < 1.29 is 0 Å². The van der Waals surface area contributed by atoms with Gasteiger partial charge in [0.15, 0.2) is 0 Å². The molecule has 1 aromatic carbocycles. The van der Waals surface area contributed by atoms with Crippen LogP contribution in [0.1, 0.15) is 24.8 Å². The van der Waals surface area contributed by atoms with Gasteiger partial charge in [0, 0.05) is 42.7 Å². The lowest BCUT2D eigenvalue weighted by atomic mass is 10.1. The van der Waals surface area contributed by atoms with Crippen LogP contribution in [0.4, 0.5) is 0 Å². The van der Waals surface area contributed by atoms with Crippen molar-refractivity contribution in [3.63, 3.8) is 0 Å². The summed E-state index contributed by atoms with van der Waals surface area (Å²) in [6, 6.07) is 16.3. The molecule has 0 radical (unpaired) electrons. The molecule has 0 aliphatic rings. The normalized spacial score (nSPS) is 10.5. The highest BCUT2D eigenvalue weighted by molar-refractivity contribution is 5.62. The molecule has 3 rings (SSSR count). The van der Waals surface area contributed by atoms with Crippen LogP contribution in [0.15, 0.2) is 61.1 Å². The minimum atomic E-state index is 0.621. The van der Waals surface area contributed by atoms with Gasteiger partial charge in [-0.1, -0.05) is 18.2 Å². The van der Waals surface area contributed by atoms with Gasteiger partial charge in [0.25, 0.3) is 0 Å². The van der Waals surface area contributed by atoms with Crippen LogP contribution >= 0.6 is 0 Å². The summed E-state index contributed by atoms with van der Waals surface area (Å²) in [6.45, 7) is 1.64. The predicted molar refractivity (Wildman–Crippen MR) is 98.0 cm³/mol. The summed E-state index contributed by atoms with van der Waals surface area (Å²) in [6.07, 6.45) is 8.21. The van der Waals surface area contributed by atoms with Crippen LogP contribution in [0.5, 0.6) is 0 Å². The Morgan fingerprint density at radius 1 is 1.04 bits per heavy atom. The molecule has 2 heterocycles. The molecule has 0 unspecified atom stereocenters. The Kier molecular flexibility index (Phi) is 5.91. The van der Waals surface area contributed by atoms with Crippen LogP contribution in [-0.2, 0) is 6.54 Å². The Balaban J connectivity index is 1.78. The Morgan fingerprint density at radius 2 is 1.84 bits per heavy atom. The van der Waals surface area contributed by atoms with Crippen LogP contribution in [0.2, 0.25) is 0 Å². The van der Waals surface area contributed by atoms with Gasteiger partial charge in [0.05, 0.1) is 17.5 Å². The summed E-state index contributed by atoms with van der Waals surface area (Å²) >= 11 is 0. The van der Waals surface area contributed by atoms with E-state index in [4.69, 9.17) is 10.4 Å². The average molecular weight is 331 g/mol. The van der Waals surface area contributed by atoms with Gasteiger partial charge in [-0.05, 0) is 43.7 Å². The third-order valence-corrected chi connectivity index (χ3v) is 3.97. The van der Waals surface area contributed by atoms with Gasteiger partial charge < -0.3 is 5.32 Å². The first kappa shape index (κ1) is 16.9. The first-order valence-electron chi connectivity index (χ1n) is 8.50. The van der Waals surface area contributed by atoms with Gasteiger partial charge in [-0.2, -0.15) is 10.4 Å². The molecule has 3 aromatic rings. The maximum atomic E-state index is 8.59.